The Morgan fingerprint density at radius 2 is 2.05 bits per heavy atom. The van der Waals surface area contributed by atoms with Gasteiger partial charge in [0, 0.05) is 25.2 Å². The van der Waals surface area contributed by atoms with Gasteiger partial charge in [-0.3, -0.25) is 14.3 Å². The van der Waals surface area contributed by atoms with Crippen molar-refractivity contribution in [3.63, 3.8) is 0 Å². The van der Waals surface area contributed by atoms with Crippen molar-refractivity contribution < 1.29 is 9.59 Å². The highest BCUT2D eigenvalue weighted by Gasteiger charge is 2.32. The van der Waals surface area contributed by atoms with Crippen LogP contribution < -0.4 is 5.73 Å². The van der Waals surface area contributed by atoms with E-state index in [0.29, 0.717) is 12.1 Å². The summed E-state index contributed by atoms with van der Waals surface area (Å²) in [6.45, 7) is 1.42. The lowest BCUT2D eigenvalue weighted by Crippen LogP contribution is -2.33. The third-order valence-corrected chi connectivity index (χ3v) is 4.09. The van der Waals surface area contributed by atoms with E-state index in [0.717, 1.165) is 25.8 Å². The Bertz CT molecular complexity index is 555. The molecule has 1 fully saturated rings. The molecule has 1 unspecified atom stereocenters. The van der Waals surface area contributed by atoms with Crippen LogP contribution >= 0.6 is 0 Å². The second-order valence-electron chi connectivity index (χ2n) is 5.44. The van der Waals surface area contributed by atoms with Crippen molar-refractivity contribution >= 4 is 11.8 Å². The van der Waals surface area contributed by atoms with Crippen LogP contribution in [0.5, 0.6) is 0 Å². The van der Waals surface area contributed by atoms with Gasteiger partial charge in [-0.05, 0) is 19.3 Å². The Balaban J connectivity index is 1.63. The van der Waals surface area contributed by atoms with Gasteiger partial charge >= 0.3 is 0 Å². The summed E-state index contributed by atoms with van der Waals surface area (Å²) < 4.78 is 1.75. The molecule has 2 N–H and O–H groups in total. The lowest BCUT2D eigenvalue weighted by Gasteiger charge is -2.20. The Kier molecular flexibility index (Phi) is 3.30. The van der Waals surface area contributed by atoms with Crippen LogP contribution in [0.15, 0.2) is 24.5 Å². The molecule has 1 aliphatic carbocycles. The lowest BCUT2D eigenvalue weighted by molar-refractivity contribution is -0.134. The highest BCUT2D eigenvalue weighted by Crippen LogP contribution is 2.26. The summed E-state index contributed by atoms with van der Waals surface area (Å²) >= 11 is 0. The predicted octanol–water partition coefficient (Wildman–Crippen LogP) is 0.722. The highest BCUT2D eigenvalue weighted by molar-refractivity contribution is 5.92. The summed E-state index contributed by atoms with van der Waals surface area (Å²) in [5.41, 5.74) is 5.63. The number of amides is 2. The van der Waals surface area contributed by atoms with Crippen molar-refractivity contribution in [2.45, 2.75) is 25.3 Å². The quantitative estimate of drug-likeness (QED) is 0.825. The zero-order valence-corrected chi connectivity index (χ0v) is 11.2. The van der Waals surface area contributed by atoms with Crippen molar-refractivity contribution in [2.24, 2.45) is 11.7 Å². The van der Waals surface area contributed by atoms with Crippen LogP contribution in [0.25, 0.3) is 0 Å². The molecule has 2 heterocycles. The van der Waals surface area contributed by atoms with E-state index in [1.807, 2.05) is 4.90 Å². The van der Waals surface area contributed by atoms with Crippen molar-refractivity contribution in [2.75, 3.05) is 13.1 Å². The molecule has 1 aliphatic heterocycles. The monoisotopic (exact) mass is 274 g/mol. The summed E-state index contributed by atoms with van der Waals surface area (Å²) in [6.07, 6.45) is 9.87. The van der Waals surface area contributed by atoms with E-state index in [1.165, 1.54) is 6.20 Å². The van der Waals surface area contributed by atoms with Crippen molar-refractivity contribution in [1.29, 1.82) is 0 Å². The van der Waals surface area contributed by atoms with Gasteiger partial charge in [0.15, 0.2) is 0 Å². The van der Waals surface area contributed by atoms with E-state index < -0.39 is 5.91 Å². The molecule has 3 rings (SSSR count). The minimum Gasteiger partial charge on any atom is -0.366 e. The molecular weight excluding hydrogens is 256 g/mol. The van der Waals surface area contributed by atoms with E-state index in [9.17, 15) is 9.59 Å². The fourth-order valence-corrected chi connectivity index (χ4v) is 2.90. The van der Waals surface area contributed by atoms with Crippen LogP contribution in [-0.4, -0.2) is 39.6 Å². The normalized spacial score (nSPS) is 22.6. The third kappa shape index (κ3) is 2.33. The van der Waals surface area contributed by atoms with Crippen LogP contribution in [0.2, 0.25) is 0 Å². The standard InChI is InChI=1S/C14H18N4O2/c15-13(19)11-7-16-18(8-11)12-5-6-17(9-12)14(20)10-3-1-2-4-10/h1-2,7-8,10,12H,3-6,9H2,(H2,15,19). The van der Waals surface area contributed by atoms with E-state index in [-0.39, 0.29) is 17.9 Å². The molecule has 0 aromatic carbocycles. The third-order valence-electron chi connectivity index (χ3n) is 4.09. The second kappa shape index (κ2) is 5.11. The number of carbonyl (C=O) groups is 2. The van der Waals surface area contributed by atoms with Gasteiger partial charge in [0.05, 0.1) is 17.8 Å². The number of primary amides is 1. The Labute approximate surface area is 117 Å². The fraction of sp³-hybridized carbons (Fsp3) is 0.500. The van der Waals surface area contributed by atoms with Gasteiger partial charge in [-0.2, -0.15) is 5.10 Å². The summed E-state index contributed by atoms with van der Waals surface area (Å²) in [4.78, 5) is 25.3. The maximum Gasteiger partial charge on any atom is 0.251 e. The van der Waals surface area contributed by atoms with Crippen LogP contribution in [0.3, 0.4) is 0 Å². The average Bonchev–Trinajstić information content (AvgIpc) is 3.17. The van der Waals surface area contributed by atoms with Crippen molar-refractivity contribution in [3.8, 4) is 0 Å². The number of likely N-dealkylation sites (tertiary alicyclic amines) is 1. The zero-order chi connectivity index (χ0) is 14.1. The fourth-order valence-electron chi connectivity index (χ4n) is 2.90. The van der Waals surface area contributed by atoms with Gasteiger partial charge < -0.3 is 10.6 Å². The number of rotatable bonds is 3. The first kappa shape index (κ1) is 12.9. The second-order valence-corrected chi connectivity index (χ2v) is 5.44. The molecule has 1 aromatic heterocycles. The van der Waals surface area contributed by atoms with Gasteiger partial charge in [0.2, 0.25) is 5.91 Å². The number of allylic oxidation sites excluding steroid dienone is 2. The molecule has 0 bridgehead atoms. The van der Waals surface area contributed by atoms with E-state index in [1.54, 1.807) is 10.9 Å². The van der Waals surface area contributed by atoms with Gasteiger partial charge in [-0.15, -0.1) is 0 Å². The van der Waals surface area contributed by atoms with Crippen LogP contribution in [0.4, 0.5) is 0 Å². The summed E-state index contributed by atoms with van der Waals surface area (Å²) in [5.74, 6) is -0.119. The number of hydrogen-bond donors (Lipinski definition) is 1. The van der Waals surface area contributed by atoms with Crippen molar-refractivity contribution in [3.05, 3.63) is 30.1 Å². The molecule has 6 heteroatoms. The number of hydrogen-bond acceptors (Lipinski definition) is 3. The Morgan fingerprint density at radius 3 is 2.70 bits per heavy atom. The highest BCUT2D eigenvalue weighted by atomic mass is 16.2. The maximum atomic E-state index is 12.3. The maximum absolute atomic E-state index is 12.3. The average molecular weight is 274 g/mol. The SMILES string of the molecule is NC(=O)c1cnn(C2CCN(C(=O)C3CC=CC3)C2)c1. The molecule has 0 spiro atoms. The Morgan fingerprint density at radius 1 is 1.30 bits per heavy atom. The number of aromatic nitrogens is 2. The molecule has 106 valence electrons. The van der Waals surface area contributed by atoms with E-state index in [2.05, 4.69) is 17.3 Å². The smallest absolute Gasteiger partial charge is 0.251 e. The Hall–Kier alpha value is -2.11. The van der Waals surface area contributed by atoms with Crippen LogP contribution in [0, 0.1) is 5.92 Å². The molecule has 1 atom stereocenters. The van der Waals surface area contributed by atoms with Crippen molar-refractivity contribution in [1.82, 2.24) is 14.7 Å². The molecule has 6 nitrogen and oxygen atoms in total. The molecule has 0 saturated carbocycles. The molecule has 0 radical (unpaired) electrons. The number of nitrogens with two attached hydrogens (primary N) is 1. The number of carbonyl (C=O) groups excluding carboxylic acids is 2. The molecule has 2 aliphatic rings. The predicted molar refractivity (Wildman–Crippen MR) is 72.8 cm³/mol. The summed E-state index contributed by atoms with van der Waals surface area (Å²) in [5, 5.41) is 4.18. The number of nitrogens with zero attached hydrogens (tertiary/aromatic N) is 3. The molecular formula is C14H18N4O2. The summed E-state index contributed by atoms with van der Waals surface area (Å²) in [6, 6.07) is 0.140. The first-order valence-electron chi connectivity index (χ1n) is 6.93. The lowest BCUT2D eigenvalue weighted by atomic mass is 10.1. The van der Waals surface area contributed by atoms with E-state index in [4.69, 9.17) is 5.73 Å². The summed E-state index contributed by atoms with van der Waals surface area (Å²) in [7, 11) is 0. The van der Waals surface area contributed by atoms with Crippen LogP contribution in [0.1, 0.15) is 35.7 Å². The molecule has 1 saturated heterocycles. The minimum atomic E-state index is -0.473. The first-order valence-corrected chi connectivity index (χ1v) is 6.93. The van der Waals surface area contributed by atoms with Gasteiger partial charge in [-0.25, -0.2) is 0 Å². The zero-order valence-electron chi connectivity index (χ0n) is 11.2. The van der Waals surface area contributed by atoms with Crippen LogP contribution in [-0.2, 0) is 4.79 Å². The van der Waals surface area contributed by atoms with Gasteiger partial charge in [-0.1, -0.05) is 12.2 Å². The minimum absolute atomic E-state index is 0.118. The molecule has 2 amide bonds. The molecule has 20 heavy (non-hydrogen) atoms. The van der Waals surface area contributed by atoms with Gasteiger partial charge in [0.1, 0.15) is 0 Å². The molecule has 1 aromatic rings. The first-order chi connectivity index (χ1) is 9.65. The van der Waals surface area contributed by atoms with Gasteiger partial charge in [0.25, 0.3) is 5.91 Å². The topological polar surface area (TPSA) is 81.2 Å². The largest absolute Gasteiger partial charge is 0.366 e. The van der Waals surface area contributed by atoms with E-state index >= 15 is 0 Å².